The molecule has 0 bridgehead atoms. The number of rotatable bonds is 4. The Balaban J connectivity index is 1.72. The number of pyridine rings is 1. The zero-order chi connectivity index (χ0) is 14.1. The largest absolute Gasteiger partial charge is 0.311 e. The van der Waals surface area contributed by atoms with Crippen LogP contribution >= 0.6 is 15.9 Å². The molecule has 0 amide bonds. The molecule has 3 nitrogen and oxygen atoms in total. The van der Waals surface area contributed by atoms with Crippen LogP contribution in [-0.2, 0) is 6.54 Å². The fraction of sp³-hybridized carbons (Fsp3) is 0.688. The third kappa shape index (κ3) is 3.41. The number of aromatic nitrogens is 1. The second-order valence-electron chi connectivity index (χ2n) is 6.60. The van der Waals surface area contributed by atoms with E-state index in [2.05, 4.69) is 51.0 Å². The van der Waals surface area contributed by atoms with Gasteiger partial charge in [0.05, 0.1) is 0 Å². The van der Waals surface area contributed by atoms with E-state index in [4.69, 9.17) is 0 Å². The van der Waals surface area contributed by atoms with Gasteiger partial charge in [-0.1, -0.05) is 13.8 Å². The van der Waals surface area contributed by atoms with Crippen molar-refractivity contribution < 1.29 is 0 Å². The van der Waals surface area contributed by atoms with Crippen molar-refractivity contribution in [3.8, 4) is 0 Å². The van der Waals surface area contributed by atoms with Crippen LogP contribution in [0.3, 0.4) is 0 Å². The number of halogens is 1. The summed E-state index contributed by atoms with van der Waals surface area (Å²) in [6.45, 7) is 7.96. The van der Waals surface area contributed by atoms with Gasteiger partial charge in [0, 0.05) is 48.6 Å². The van der Waals surface area contributed by atoms with Gasteiger partial charge in [-0.25, -0.2) is 0 Å². The summed E-state index contributed by atoms with van der Waals surface area (Å²) >= 11 is 3.53. The highest BCUT2D eigenvalue weighted by Crippen LogP contribution is 2.37. The van der Waals surface area contributed by atoms with Crippen molar-refractivity contribution in [2.24, 2.45) is 11.8 Å². The van der Waals surface area contributed by atoms with E-state index in [1.807, 2.05) is 12.4 Å². The number of piperazine rings is 1. The number of nitrogens with one attached hydrogen (secondary N) is 1. The molecule has 0 aromatic carbocycles. The lowest BCUT2D eigenvalue weighted by molar-refractivity contribution is 0.0925. The van der Waals surface area contributed by atoms with Crippen molar-refractivity contribution in [1.29, 1.82) is 0 Å². The lowest BCUT2D eigenvalue weighted by Crippen LogP contribution is -2.58. The first kappa shape index (κ1) is 14.5. The van der Waals surface area contributed by atoms with Gasteiger partial charge in [-0.15, -0.1) is 0 Å². The molecular formula is C16H24BrN3. The Morgan fingerprint density at radius 2 is 2.20 bits per heavy atom. The maximum absolute atomic E-state index is 4.30. The van der Waals surface area contributed by atoms with Gasteiger partial charge >= 0.3 is 0 Å². The smallest absolute Gasteiger partial charge is 0.0410 e. The summed E-state index contributed by atoms with van der Waals surface area (Å²) < 4.78 is 1.08. The van der Waals surface area contributed by atoms with Crippen molar-refractivity contribution in [2.75, 3.05) is 13.1 Å². The first-order valence-corrected chi connectivity index (χ1v) is 8.49. The van der Waals surface area contributed by atoms with Crippen molar-refractivity contribution in [3.05, 3.63) is 28.5 Å². The van der Waals surface area contributed by atoms with Gasteiger partial charge in [-0.2, -0.15) is 0 Å². The number of hydrogen-bond donors (Lipinski definition) is 1. The van der Waals surface area contributed by atoms with E-state index in [1.165, 1.54) is 18.4 Å². The van der Waals surface area contributed by atoms with E-state index >= 15 is 0 Å². The molecule has 20 heavy (non-hydrogen) atoms. The molecule has 1 aromatic rings. The van der Waals surface area contributed by atoms with Gasteiger partial charge in [0.2, 0.25) is 0 Å². The van der Waals surface area contributed by atoms with E-state index in [0.717, 1.165) is 30.0 Å². The van der Waals surface area contributed by atoms with Crippen LogP contribution in [0.1, 0.15) is 32.3 Å². The Morgan fingerprint density at radius 3 is 2.85 bits per heavy atom. The molecule has 1 aromatic heterocycles. The Kier molecular flexibility index (Phi) is 4.43. The fourth-order valence-electron chi connectivity index (χ4n) is 3.20. The lowest BCUT2D eigenvalue weighted by Gasteiger charge is -2.42. The highest BCUT2D eigenvalue weighted by atomic mass is 79.9. The molecule has 2 atom stereocenters. The van der Waals surface area contributed by atoms with E-state index in [-0.39, 0.29) is 0 Å². The summed E-state index contributed by atoms with van der Waals surface area (Å²) in [5.41, 5.74) is 1.31. The molecule has 1 saturated heterocycles. The van der Waals surface area contributed by atoms with Crippen LogP contribution in [0.2, 0.25) is 0 Å². The van der Waals surface area contributed by atoms with Crippen molar-refractivity contribution in [3.63, 3.8) is 0 Å². The van der Waals surface area contributed by atoms with Gasteiger partial charge in [0.1, 0.15) is 0 Å². The van der Waals surface area contributed by atoms with Crippen molar-refractivity contribution in [1.82, 2.24) is 15.2 Å². The molecule has 2 aliphatic rings. The molecule has 1 saturated carbocycles. The van der Waals surface area contributed by atoms with Gasteiger partial charge in [-0.3, -0.25) is 9.88 Å². The fourth-order valence-corrected chi connectivity index (χ4v) is 3.62. The zero-order valence-electron chi connectivity index (χ0n) is 12.3. The Morgan fingerprint density at radius 1 is 1.40 bits per heavy atom. The van der Waals surface area contributed by atoms with Crippen LogP contribution in [0.5, 0.6) is 0 Å². The topological polar surface area (TPSA) is 28.2 Å². The van der Waals surface area contributed by atoms with Crippen molar-refractivity contribution >= 4 is 15.9 Å². The Labute approximate surface area is 130 Å². The van der Waals surface area contributed by atoms with E-state index in [9.17, 15) is 0 Å². The highest BCUT2D eigenvalue weighted by Gasteiger charge is 2.39. The molecule has 0 radical (unpaired) electrons. The normalized spacial score (nSPS) is 28.0. The quantitative estimate of drug-likeness (QED) is 0.915. The second kappa shape index (κ2) is 6.12. The maximum Gasteiger partial charge on any atom is 0.0410 e. The first-order chi connectivity index (χ1) is 9.63. The minimum absolute atomic E-state index is 0.616. The Bertz CT molecular complexity index is 459. The van der Waals surface area contributed by atoms with Gasteiger partial charge in [0.25, 0.3) is 0 Å². The molecule has 2 unspecified atom stereocenters. The van der Waals surface area contributed by atoms with Crippen LogP contribution < -0.4 is 5.32 Å². The standard InChI is InChI=1S/C16H24BrN3/c1-11(2)15-10-20(16(8-19-15)13-3-4-13)9-12-5-14(17)7-18-6-12/h5-7,11,13,15-16,19H,3-4,8-10H2,1-2H3. The molecule has 0 spiro atoms. The van der Waals surface area contributed by atoms with Gasteiger partial charge in [-0.05, 0) is 52.2 Å². The van der Waals surface area contributed by atoms with Gasteiger partial charge in [0.15, 0.2) is 0 Å². The summed E-state index contributed by atoms with van der Waals surface area (Å²) in [6, 6.07) is 3.53. The van der Waals surface area contributed by atoms with Crippen LogP contribution in [0.25, 0.3) is 0 Å². The molecule has 3 rings (SSSR count). The highest BCUT2D eigenvalue weighted by molar-refractivity contribution is 9.10. The third-order valence-electron chi connectivity index (χ3n) is 4.61. The predicted octanol–water partition coefficient (Wildman–Crippen LogP) is 3.05. The average molecular weight is 338 g/mol. The van der Waals surface area contributed by atoms with Crippen LogP contribution in [0.15, 0.2) is 22.9 Å². The summed E-state index contributed by atoms with van der Waals surface area (Å²) in [5, 5.41) is 3.75. The minimum Gasteiger partial charge on any atom is -0.311 e. The zero-order valence-corrected chi connectivity index (χ0v) is 13.9. The molecular weight excluding hydrogens is 314 g/mol. The first-order valence-electron chi connectivity index (χ1n) is 7.70. The summed E-state index contributed by atoms with van der Waals surface area (Å²) in [4.78, 5) is 6.98. The summed E-state index contributed by atoms with van der Waals surface area (Å²) in [6.07, 6.45) is 6.68. The van der Waals surface area contributed by atoms with E-state index in [0.29, 0.717) is 18.0 Å². The van der Waals surface area contributed by atoms with E-state index < -0.39 is 0 Å². The van der Waals surface area contributed by atoms with Crippen molar-refractivity contribution in [2.45, 2.75) is 45.3 Å². The second-order valence-corrected chi connectivity index (χ2v) is 7.52. The predicted molar refractivity (Wildman–Crippen MR) is 85.5 cm³/mol. The molecule has 1 aliphatic heterocycles. The Hall–Kier alpha value is -0.450. The minimum atomic E-state index is 0.616. The van der Waals surface area contributed by atoms with Crippen LogP contribution in [0.4, 0.5) is 0 Å². The molecule has 1 N–H and O–H groups in total. The monoisotopic (exact) mass is 337 g/mol. The molecule has 2 heterocycles. The summed E-state index contributed by atoms with van der Waals surface area (Å²) in [7, 11) is 0. The molecule has 2 fully saturated rings. The lowest BCUT2D eigenvalue weighted by atomic mass is 9.97. The van der Waals surface area contributed by atoms with Crippen LogP contribution in [-0.4, -0.2) is 35.1 Å². The molecule has 1 aliphatic carbocycles. The SMILES string of the molecule is CC(C)C1CN(Cc2cncc(Br)c2)C(C2CC2)CN1. The summed E-state index contributed by atoms with van der Waals surface area (Å²) in [5.74, 6) is 1.61. The maximum atomic E-state index is 4.30. The number of nitrogens with zero attached hydrogens (tertiary/aromatic N) is 2. The average Bonchev–Trinajstić information content (AvgIpc) is 3.23. The van der Waals surface area contributed by atoms with Gasteiger partial charge < -0.3 is 5.32 Å². The third-order valence-corrected chi connectivity index (χ3v) is 5.04. The molecule has 110 valence electrons. The van der Waals surface area contributed by atoms with Crippen LogP contribution in [0, 0.1) is 11.8 Å². The number of hydrogen-bond acceptors (Lipinski definition) is 3. The van der Waals surface area contributed by atoms with E-state index in [1.54, 1.807) is 0 Å². The molecule has 4 heteroatoms.